The SMILES string of the molecule is CN(Cc1ccc(C(=N)N)cc1)CC1CCCO1. The number of benzene rings is 1. The van der Waals surface area contributed by atoms with Crippen LogP contribution in [0.4, 0.5) is 0 Å². The monoisotopic (exact) mass is 247 g/mol. The second-order valence-corrected chi connectivity index (χ2v) is 4.94. The summed E-state index contributed by atoms with van der Waals surface area (Å²) in [6, 6.07) is 7.86. The Morgan fingerprint density at radius 2 is 2.17 bits per heavy atom. The molecule has 3 N–H and O–H groups in total. The molecule has 2 rings (SSSR count). The Hall–Kier alpha value is -1.39. The molecule has 4 nitrogen and oxygen atoms in total. The predicted octanol–water partition coefficient (Wildman–Crippen LogP) is 1.58. The molecule has 0 radical (unpaired) electrons. The number of nitrogens with two attached hydrogens (primary N) is 1. The van der Waals surface area contributed by atoms with Crippen LogP contribution in [0.2, 0.25) is 0 Å². The van der Waals surface area contributed by atoms with Gasteiger partial charge in [-0.1, -0.05) is 24.3 Å². The van der Waals surface area contributed by atoms with E-state index in [-0.39, 0.29) is 5.84 Å². The summed E-state index contributed by atoms with van der Waals surface area (Å²) in [7, 11) is 2.11. The van der Waals surface area contributed by atoms with E-state index in [2.05, 4.69) is 11.9 Å². The Kier molecular flexibility index (Phi) is 4.33. The lowest BCUT2D eigenvalue weighted by Crippen LogP contribution is -2.28. The van der Waals surface area contributed by atoms with Crippen molar-refractivity contribution in [2.75, 3.05) is 20.2 Å². The summed E-state index contributed by atoms with van der Waals surface area (Å²) < 4.78 is 5.63. The molecule has 1 aliphatic heterocycles. The average molecular weight is 247 g/mol. The van der Waals surface area contributed by atoms with Gasteiger partial charge in [0.25, 0.3) is 0 Å². The highest BCUT2D eigenvalue weighted by molar-refractivity contribution is 5.94. The van der Waals surface area contributed by atoms with E-state index in [4.69, 9.17) is 15.9 Å². The first-order valence-corrected chi connectivity index (χ1v) is 6.38. The van der Waals surface area contributed by atoms with Gasteiger partial charge in [-0.15, -0.1) is 0 Å². The maximum atomic E-state index is 7.35. The Morgan fingerprint density at radius 1 is 1.44 bits per heavy atom. The van der Waals surface area contributed by atoms with Gasteiger partial charge in [0.05, 0.1) is 6.10 Å². The number of nitrogen functional groups attached to an aromatic ring is 1. The molecule has 0 bridgehead atoms. The number of ether oxygens (including phenoxy) is 1. The first kappa shape index (κ1) is 13.1. The van der Waals surface area contributed by atoms with Gasteiger partial charge in [-0.3, -0.25) is 10.3 Å². The summed E-state index contributed by atoms with van der Waals surface area (Å²) in [5.41, 5.74) is 7.45. The van der Waals surface area contributed by atoms with E-state index < -0.39 is 0 Å². The van der Waals surface area contributed by atoms with Gasteiger partial charge >= 0.3 is 0 Å². The van der Waals surface area contributed by atoms with Crippen LogP contribution >= 0.6 is 0 Å². The minimum Gasteiger partial charge on any atom is -0.384 e. The van der Waals surface area contributed by atoms with E-state index in [0.29, 0.717) is 6.10 Å². The lowest BCUT2D eigenvalue weighted by molar-refractivity contribution is 0.0793. The van der Waals surface area contributed by atoms with Crippen LogP contribution in [0.3, 0.4) is 0 Å². The van der Waals surface area contributed by atoms with Crippen molar-refractivity contribution in [3.8, 4) is 0 Å². The van der Waals surface area contributed by atoms with Crippen LogP contribution in [0.25, 0.3) is 0 Å². The number of nitrogens with zero attached hydrogens (tertiary/aromatic N) is 1. The zero-order valence-corrected chi connectivity index (χ0v) is 10.9. The lowest BCUT2D eigenvalue weighted by atomic mass is 10.1. The van der Waals surface area contributed by atoms with Gasteiger partial charge < -0.3 is 10.5 Å². The summed E-state index contributed by atoms with van der Waals surface area (Å²) in [6.45, 7) is 2.79. The third-order valence-corrected chi connectivity index (χ3v) is 3.26. The molecule has 98 valence electrons. The van der Waals surface area contributed by atoms with Crippen molar-refractivity contribution in [3.05, 3.63) is 35.4 Å². The Morgan fingerprint density at radius 3 is 2.72 bits per heavy atom. The maximum Gasteiger partial charge on any atom is 0.122 e. The molecule has 0 aromatic heterocycles. The second kappa shape index (κ2) is 5.98. The zero-order valence-electron chi connectivity index (χ0n) is 10.9. The molecule has 1 aromatic rings. The highest BCUT2D eigenvalue weighted by Gasteiger charge is 2.17. The van der Waals surface area contributed by atoms with E-state index >= 15 is 0 Å². The van der Waals surface area contributed by atoms with E-state index in [1.54, 1.807) is 0 Å². The van der Waals surface area contributed by atoms with E-state index in [9.17, 15) is 0 Å². The topological polar surface area (TPSA) is 62.3 Å². The molecule has 1 aromatic carbocycles. The normalized spacial score (nSPS) is 19.3. The van der Waals surface area contributed by atoms with E-state index in [1.165, 1.54) is 18.4 Å². The fourth-order valence-electron chi connectivity index (χ4n) is 2.30. The van der Waals surface area contributed by atoms with Gasteiger partial charge in [-0.2, -0.15) is 0 Å². The molecule has 1 saturated heterocycles. The van der Waals surface area contributed by atoms with E-state index in [1.807, 2.05) is 24.3 Å². The number of hydrogen-bond donors (Lipinski definition) is 2. The van der Waals surface area contributed by atoms with Crippen LogP contribution in [-0.4, -0.2) is 37.0 Å². The zero-order chi connectivity index (χ0) is 13.0. The number of nitrogens with one attached hydrogen (secondary N) is 1. The van der Waals surface area contributed by atoms with Gasteiger partial charge in [0.2, 0.25) is 0 Å². The van der Waals surface area contributed by atoms with Crippen LogP contribution in [-0.2, 0) is 11.3 Å². The molecule has 1 aliphatic rings. The van der Waals surface area contributed by atoms with Crippen molar-refractivity contribution in [2.45, 2.75) is 25.5 Å². The Labute approximate surface area is 108 Å². The van der Waals surface area contributed by atoms with Crippen LogP contribution in [0.5, 0.6) is 0 Å². The quantitative estimate of drug-likeness (QED) is 0.613. The molecule has 18 heavy (non-hydrogen) atoms. The minimum absolute atomic E-state index is 0.120. The standard InChI is InChI=1S/C14H21N3O/c1-17(10-13-3-2-8-18-13)9-11-4-6-12(7-5-11)14(15)16/h4-7,13H,2-3,8-10H2,1H3,(H3,15,16). The van der Waals surface area contributed by atoms with Crippen molar-refractivity contribution < 1.29 is 4.74 Å². The van der Waals surface area contributed by atoms with Crippen LogP contribution in [0.1, 0.15) is 24.0 Å². The molecule has 0 amide bonds. The number of likely N-dealkylation sites (N-methyl/N-ethyl adjacent to an activating group) is 1. The summed E-state index contributed by atoms with van der Waals surface area (Å²) in [5, 5.41) is 7.35. The third kappa shape index (κ3) is 3.55. The van der Waals surface area contributed by atoms with Crippen molar-refractivity contribution in [1.29, 1.82) is 5.41 Å². The highest BCUT2D eigenvalue weighted by atomic mass is 16.5. The van der Waals surface area contributed by atoms with Crippen molar-refractivity contribution >= 4 is 5.84 Å². The largest absolute Gasteiger partial charge is 0.384 e. The second-order valence-electron chi connectivity index (χ2n) is 4.94. The number of amidine groups is 1. The lowest BCUT2D eigenvalue weighted by Gasteiger charge is -2.20. The fraction of sp³-hybridized carbons (Fsp3) is 0.500. The average Bonchev–Trinajstić information content (AvgIpc) is 2.82. The molecule has 1 atom stereocenters. The Balaban J connectivity index is 1.86. The fourth-order valence-corrected chi connectivity index (χ4v) is 2.30. The molecule has 1 fully saturated rings. The van der Waals surface area contributed by atoms with Crippen molar-refractivity contribution in [1.82, 2.24) is 4.90 Å². The molecule has 0 spiro atoms. The van der Waals surface area contributed by atoms with Crippen molar-refractivity contribution in [3.63, 3.8) is 0 Å². The summed E-state index contributed by atoms with van der Waals surface area (Å²) in [6.07, 6.45) is 2.76. The first-order valence-electron chi connectivity index (χ1n) is 6.38. The third-order valence-electron chi connectivity index (χ3n) is 3.26. The predicted molar refractivity (Wildman–Crippen MR) is 72.8 cm³/mol. The molecular formula is C14H21N3O. The first-order chi connectivity index (χ1) is 8.65. The molecule has 0 aliphatic carbocycles. The van der Waals surface area contributed by atoms with Crippen LogP contribution < -0.4 is 5.73 Å². The maximum absolute atomic E-state index is 7.35. The van der Waals surface area contributed by atoms with Gasteiger partial charge in [-0.05, 0) is 25.5 Å². The van der Waals surface area contributed by atoms with Gasteiger partial charge in [-0.25, -0.2) is 0 Å². The summed E-state index contributed by atoms with van der Waals surface area (Å²) >= 11 is 0. The molecular weight excluding hydrogens is 226 g/mol. The summed E-state index contributed by atoms with van der Waals surface area (Å²) in [5.74, 6) is 0.120. The molecule has 1 heterocycles. The van der Waals surface area contributed by atoms with E-state index in [0.717, 1.165) is 25.3 Å². The van der Waals surface area contributed by atoms with Crippen LogP contribution in [0, 0.1) is 5.41 Å². The molecule has 1 unspecified atom stereocenters. The smallest absolute Gasteiger partial charge is 0.122 e. The highest BCUT2D eigenvalue weighted by Crippen LogP contribution is 2.14. The number of rotatable bonds is 5. The summed E-state index contributed by atoms with van der Waals surface area (Å²) in [4.78, 5) is 2.28. The Bertz CT molecular complexity index is 396. The van der Waals surface area contributed by atoms with Crippen molar-refractivity contribution in [2.24, 2.45) is 5.73 Å². The minimum atomic E-state index is 0.120. The van der Waals surface area contributed by atoms with Gasteiger partial charge in [0, 0.05) is 25.3 Å². The molecule has 4 heteroatoms. The van der Waals surface area contributed by atoms with Gasteiger partial charge in [0.15, 0.2) is 0 Å². The van der Waals surface area contributed by atoms with Crippen LogP contribution in [0.15, 0.2) is 24.3 Å². The number of hydrogen-bond acceptors (Lipinski definition) is 3. The van der Waals surface area contributed by atoms with Gasteiger partial charge in [0.1, 0.15) is 5.84 Å². The molecule has 0 saturated carbocycles.